The lowest BCUT2D eigenvalue weighted by Gasteiger charge is -2.30. The van der Waals surface area contributed by atoms with Crippen molar-refractivity contribution in [3.05, 3.63) is 23.3 Å². The van der Waals surface area contributed by atoms with Crippen molar-refractivity contribution in [3.8, 4) is 0 Å². The van der Waals surface area contributed by atoms with Gasteiger partial charge in [-0.3, -0.25) is 4.90 Å². The molecule has 0 aliphatic heterocycles. The first-order valence-corrected chi connectivity index (χ1v) is 7.41. The molecule has 0 amide bonds. The Hall–Kier alpha value is -1.75. The Balaban J connectivity index is 2.73. The highest BCUT2D eigenvalue weighted by Gasteiger charge is 2.15. The largest absolute Gasteiger partial charge is 0.478 e. The number of aryl methyl sites for hydroxylation is 1. The third kappa shape index (κ3) is 4.36. The van der Waals surface area contributed by atoms with Gasteiger partial charge in [-0.15, -0.1) is 0 Å². The Morgan fingerprint density at radius 1 is 1.14 bits per heavy atom. The molecule has 5 N–H and O–H groups in total. The van der Waals surface area contributed by atoms with Crippen molar-refractivity contribution in [2.24, 2.45) is 0 Å². The van der Waals surface area contributed by atoms with Gasteiger partial charge in [-0.25, -0.2) is 4.79 Å². The van der Waals surface area contributed by atoms with Crippen LogP contribution in [-0.2, 0) is 6.42 Å². The van der Waals surface area contributed by atoms with E-state index < -0.39 is 5.97 Å². The molecule has 0 saturated carbocycles. The minimum Gasteiger partial charge on any atom is -0.478 e. The van der Waals surface area contributed by atoms with Crippen LogP contribution in [0.2, 0.25) is 0 Å². The van der Waals surface area contributed by atoms with Crippen LogP contribution in [0, 0.1) is 0 Å². The Labute approximate surface area is 126 Å². The number of nitrogens with two attached hydrogens (primary N) is 2. The van der Waals surface area contributed by atoms with Gasteiger partial charge >= 0.3 is 5.97 Å². The Morgan fingerprint density at radius 3 is 2.19 bits per heavy atom. The highest BCUT2D eigenvalue weighted by Crippen LogP contribution is 2.25. The fraction of sp³-hybridized carbons (Fsp3) is 0.562. The molecule has 0 atom stereocenters. The summed E-state index contributed by atoms with van der Waals surface area (Å²) in [5.74, 6) is -1.04. The van der Waals surface area contributed by atoms with E-state index in [1.807, 2.05) is 0 Å². The van der Waals surface area contributed by atoms with Crippen LogP contribution >= 0.6 is 0 Å². The summed E-state index contributed by atoms with van der Waals surface area (Å²) >= 11 is 0. The highest BCUT2D eigenvalue weighted by molar-refractivity contribution is 5.97. The minimum atomic E-state index is -1.04. The van der Waals surface area contributed by atoms with Gasteiger partial charge in [0.1, 0.15) is 0 Å². The van der Waals surface area contributed by atoms with E-state index in [1.165, 1.54) is 6.07 Å². The molecule has 0 unspecified atom stereocenters. The van der Waals surface area contributed by atoms with E-state index in [0.29, 0.717) is 17.8 Å². The summed E-state index contributed by atoms with van der Waals surface area (Å²) in [6.45, 7) is 9.74. The van der Waals surface area contributed by atoms with Crippen LogP contribution in [0.15, 0.2) is 12.1 Å². The van der Waals surface area contributed by atoms with E-state index in [1.54, 1.807) is 6.07 Å². The van der Waals surface area contributed by atoms with Crippen LogP contribution in [0.3, 0.4) is 0 Å². The summed E-state index contributed by atoms with van der Waals surface area (Å²) in [4.78, 5) is 13.4. The molecular formula is C16H27N3O2. The smallest absolute Gasteiger partial charge is 0.337 e. The number of carboxylic acids is 1. The zero-order valence-corrected chi connectivity index (χ0v) is 13.4. The van der Waals surface area contributed by atoms with Gasteiger partial charge in [0.15, 0.2) is 0 Å². The second-order valence-corrected chi connectivity index (χ2v) is 5.93. The van der Waals surface area contributed by atoms with Gasteiger partial charge in [0, 0.05) is 12.1 Å². The molecule has 0 saturated heterocycles. The zero-order chi connectivity index (χ0) is 16.2. The Bertz CT molecular complexity index is 491. The molecule has 0 radical (unpaired) electrons. The number of carboxylic acid groups (broad SMARTS) is 1. The molecule has 0 heterocycles. The summed E-state index contributed by atoms with van der Waals surface area (Å²) in [6.07, 6.45) is 1.76. The van der Waals surface area contributed by atoms with E-state index >= 15 is 0 Å². The number of hydrogen-bond donors (Lipinski definition) is 3. The van der Waals surface area contributed by atoms with Crippen molar-refractivity contribution in [2.45, 2.75) is 52.6 Å². The molecule has 0 fully saturated rings. The van der Waals surface area contributed by atoms with Crippen LogP contribution in [0.5, 0.6) is 0 Å². The highest BCUT2D eigenvalue weighted by atomic mass is 16.4. The molecule has 0 aliphatic carbocycles. The monoisotopic (exact) mass is 293 g/mol. The number of rotatable bonds is 7. The van der Waals surface area contributed by atoms with Crippen LogP contribution in [0.25, 0.3) is 0 Å². The summed E-state index contributed by atoms with van der Waals surface area (Å²) in [7, 11) is 0. The van der Waals surface area contributed by atoms with Gasteiger partial charge < -0.3 is 16.6 Å². The first-order valence-electron chi connectivity index (χ1n) is 7.41. The zero-order valence-electron chi connectivity index (χ0n) is 13.4. The second-order valence-electron chi connectivity index (χ2n) is 5.93. The molecular weight excluding hydrogens is 266 g/mol. The number of aromatic carboxylic acids is 1. The molecule has 0 aromatic heterocycles. The summed E-state index contributed by atoms with van der Waals surface area (Å²) in [5, 5.41) is 9.01. The van der Waals surface area contributed by atoms with Gasteiger partial charge in [-0.1, -0.05) is 6.07 Å². The van der Waals surface area contributed by atoms with Crippen molar-refractivity contribution >= 4 is 17.3 Å². The fourth-order valence-electron chi connectivity index (χ4n) is 2.65. The van der Waals surface area contributed by atoms with E-state index in [2.05, 4.69) is 32.6 Å². The van der Waals surface area contributed by atoms with Gasteiger partial charge in [-0.2, -0.15) is 0 Å². The average molecular weight is 293 g/mol. The normalized spacial score (nSPS) is 11.6. The lowest BCUT2D eigenvalue weighted by atomic mass is 10.0. The summed E-state index contributed by atoms with van der Waals surface area (Å²) in [6, 6.07) is 4.31. The number of nitrogens with zero attached hydrogens (tertiary/aromatic N) is 1. The molecule has 1 aromatic carbocycles. The number of hydrogen-bond acceptors (Lipinski definition) is 4. The fourth-order valence-corrected chi connectivity index (χ4v) is 2.65. The van der Waals surface area contributed by atoms with E-state index in [0.717, 1.165) is 24.9 Å². The van der Waals surface area contributed by atoms with Crippen molar-refractivity contribution in [1.29, 1.82) is 0 Å². The average Bonchev–Trinajstić information content (AvgIpc) is 2.37. The van der Waals surface area contributed by atoms with Crippen molar-refractivity contribution in [1.82, 2.24) is 4.90 Å². The van der Waals surface area contributed by atoms with Gasteiger partial charge in [-0.05, 0) is 58.7 Å². The summed E-state index contributed by atoms with van der Waals surface area (Å²) in [5.41, 5.74) is 13.3. The Kier molecular flexibility index (Phi) is 6.03. The Morgan fingerprint density at radius 2 is 1.71 bits per heavy atom. The third-order valence-corrected chi connectivity index (χ3v) is 3.80. The van der Waals surface area contributed by atoms with Crippen molar-refractivity contribution < 1.29 is 9.90 Å². The molecule has 0 bridgehead atoms. The number of benzene rings is 1. The standard InChI is InChI=1S/C16H27N3O2/c1-10(2)19(11(3)4)9-5-6-12-7-8-13(16(20)21)15(18)14(12)17/h7-8,10-11H,5-6,9,17-18H2,1-4H3,(H,20,21). The van der Waals surface area contributed by atoms with E-state index in [9.17, 15) is 4.79 Å². The van der Waals surface area contributed by atoms with E-state index in [-0.39, 0.29) is 11.3 Å². The van der Waals surface area contributed by atoms with Gasteiger partial charge in [0.25, 0.3) is 0 Å². The predicted molar refractivity (Wildman–Crippen MR) is 87.5 cm³/mol. The molecule has 1 rings (SSSR count). The van der Waals surface area contributed by atoms with Crippen molar-refractivity contribution in [3.63, 3.8) is 0 Å². The quantitative estimate of drug-likeness (QED) is 0.672. The number of carbonyl (C=O) groups is 1. The predicted octanol–water partition coefficient (Wildman–Crippen LogP) is 2.60. The van der Waals surface area contributed by atoms with E-state index in [4.69, 9.17) is 16.6 Å². The molecule has 0 spiro atoms. The topological polar surface area (TPSA) is 92.6 Å². The summed E-state index contributed by atoms with van der Waals surface area (Å²) < 4.78 is 0. The first kappa shape index (κ1) is 17.3. The third-order valence-electron chi connectivity index (χ3n) is 3.80. The van der Waals surface area contributed by atoms with Crippen LogP contribution in [0.1, 0.15) is 50.0 Å². The van der Waals surface area contributed by atoms with Gasteiger partial charge in [0.05, 0.1) is 16.9 Å². The first-order chi connectivity index (χ1) is 9.75. The maximum absolute atomic E-state index is 11.0. The minimum absolute atomic E-state index is 0.0715. The molecule has 5 heteroatoms. The lowest BCUT2D eigenvalue weighted by molar-refractivity contribution is 0.0698. The van der Waals surface area contributed by atoms with Crippen molar-refractivity contribution in [2.75, 3.05) is 18.0 Å². The SMILES string of the molecule is CC(C)N(CCCc1ccc(C(=O)O)c(N)c1N)C(C)C. The number of anilines is 2. The lowest BCUT2D eigenvalue weighted by Crippen LogP contribution is -2.37. The van der Waals surface area contributed by atoms with Gasteiger partial charge in [0.2, 0.25) is 0 Å². The van der Waals surface area contributed by atoms with Crippen LogP contribution in [0.4, 0.5) is 11.4 Å². The van der Waals surface area contributed by atoms with Crippen LogP contribution in [-0.4, -0.2) is 34.6 Å². The molecule has 118 valence electrons. The maximum atomic E-state index is 11.0. The molecule has 21 heavy (non-hydrogen) atoms. The van der Waals surface area contributed by atoms with Crippen LogP contribution < -0.4 is 11.5 Å². The molecule has 1 aromatic rings. The maximum Gasteiger partial charge on any atom is 0.337 e. The second kappa shape index (κ2) is 7.31. The number of nitrogen functional groups attached to an aromatic ring is 2. The molecule has 5 nitrogen and oxygen atoms in total. The molecule has 0 aliphatic rings.